The van der Waals surface area contributed by atoms with Gasteiger partial charge in [0.1, 0.15) is 6.61 Å². The number of rotatable bonds is 4. The molecule has 0 spiro atoms. The summed E-state index contributed by atoms with van der Waals surface area (Å²) >= 11 is 1.42. The molecule has 1 fully saturated rings. The Hall–Kier alpha value is -1.35. The highest BCUT2D eigenvalue weighted by molar-refractivity contribution is 7.10. The maximum Gasteiger partial charge on any atom is 0.252 e. The van der Waals surface area contributed by atoms with Crippen LogP contribution in [0.1, 0.15) is 35.0 Å². The van der Waals surface area contributed by atoms with Gasteiger partial charge in [-0.3, -0.25) is 9.69 Å². The molecule has 0 bridgehead atoms. The van der Waals surface area contributed by atoms with E-state index in [1.807, 2.05) is 0 Å². The Bertz CT molecular complexity index is 509. The fourth-order valence-corrected chi connectivity index (χ4v) is 3.06. The molecular weight excluding hydrogens is 272 g/mol. The smallest absolute Gasteiger partial charge is 0.252 e. The van der Waals surface area contributed by atoms with Gasteiger partial charge < -0.3 is 10.4 Å². The van der Waals surface area contributed by atoms with Crippen molar-refractivity contribution in [1.82, 2.24) is 10.2 Å². The van der Waals surface area contributed by atoms with Crippen molar-refractivity contribution in [3.05, 3.63) is 21.9 Å². The van der Waals surface area contributed by atoms with Crippen molar-refractivity contribution in [2.45, 2.75) is 25.8 Å². The maximum absolute atomic E-state index is 12.0. The summed E-state index contributed by atoms with van der Waals surface area (Å²) in [5.74, 6) is 5.34. The van der Waals surface area contributed by atoms with Crippen molar-refractivity contribution >= 4 is 17.2 Å². The predicted octanol–water partition coefficient (Wildman–Crippen LogP) is 1.31. The summed E-state index contributed by atoms with van der Waals surface area (Å²) in [5, 5.41) is 13.4. The van der Waals surface area contributed by atoms with Gasteiger partial charge in [0.15, 0.2) is 0 Å². The Labute approximate surface area is 123 Å². The average Bonchev–Trinajstić information content (AvgIpc) is 3.12. The summed E-state index contributed by atoms with van der Waals surface area (Å²) in [5.41, 5.74) is 0.644. The zero-order valence-electron chi connectivity index (χ0n) is 11.7. The molecule has 1 atom stereocenters. The topological polar surface area (TPSA) is 52.6 Å². The van der Waals surface area contributed by atoms with Crippen LogP contribution in [0.4, 0.5) is 0 Å². The van der Waals surface area contributed by atoms with Gasteiger partial charge in [-0.15, -0.1) is 11.3 Å². The van der Waals surface area contributed by atoms with E-state index in [9.17, 15) is 4.79 Å². The highest BCUT2D eigenvalue weighted by atomic mass is 32.1. The van der Waals surface area contributed by atoms with Gasteiger partial charge >= 0.3 is 0 Å². The summed E-state index contributed by atoms with van der Waals surface area (Å²) in [4.78, 5) is 15.2. The first-order chi connectivity index (χ1) is 9.70. The summed E-state index contributed by atoms with van der Waals surface area (Å²) < 4.78 is 0. The first-order valence-corrected chi connectivity index (χ1v) is 7.79. The molecule has 2 heterocycles. The molecule has 2 rings (SSSR count). The number of nitrogens with one attached hydrogen (secondary N) is 1. The number of aliphatic hydroxyl groups excluding tert-OH is 1. The quantitative estimate of drug-likeness (QED) is 0.823. The number of hydrogen-bond donors (Lipinski definition) is 2. The van der Waals surface area contributed by atoms with Crippen molar-refractivity contribution in [3.63, 3.8) is 0 Å². The third kappa shape index (κ3) is 4.07. The molecule has 0 aromatic carbocycles. The highest BCUT2D eigenvalue weighted by Gasteiger charge is 2.18. The van der Waals surface area contributed by atoms with E-state index in [2.05, 4.69) is 29.0 Å². The van der Waals surface area contributed by atoms with E-state index in [1.54, 1.807) is 11.4 Å². The lowest BCUT2D eigenvalue weighted by Crippen LogP contribution is -2.40. The SMILES string of the molecule is CC(CNC(=O)c1csc(C#CCO)c1)N1CCCC1. The number of carbonyl (C=O) groups excluding carboxylic acids is 1. The molecule has 5 heteroatoms. The third-order valence-corrected chi connectivity index (χ3v) is 4.32. The van der Waals surface area contributed by atoms with Crippen LogP contribution in [-0.4, -0.2) is 48.2 Å². The lowest BCUT2D eigenvalue weighted by molar-refractivity contribution is 0.0941. The van der Waals surface area contributed by atoms with Crippen LogP contribution in [0, 0.1) is 11.8 Å². The molecule has 1 amide bonds. The van der Waals surface area contributed by atoms with Crippen molar-refractivity contribution in [2.75, 3.05) is 26.2 Å². The van der Waals surface area contributed by atoms with E-state index in [1.165, 1.54) is 24.2 Å². The first kappa shape index (κ1) is 15.0. The standard InChI is InChI=1S/C15H20N2O2S/c1-12(17-6-2-3-7-17)10-16-15(19)13-9-14(20-11-13)5-4-8-18/h9,11-12,18H,2-3,6-8,10H2,1H3,(H,16,19). The number of nitrogens with zero attached hydrogens (tertiary/aromatic N) is 1. The zero-order valence-corrected chi connectivity index (χ0v) is 12.5. The zero-order chi connectivity index (χ0) is 14.4. The van der Waals surface area contributed by atoms with Crippen molar-refractivity contribution < 1.29 is 9.90 Å². The van der Waals surface area contributed by atoms with Gasteiger partial charge in [0.25, 0.3) is 5.91 Å². The fraction of sp³-hybridized carbons (Fsp3) is 0.533. The van der Waals surface area contributed by atoms with Gasteiger partial charge in [-0.1, -0.05) is 11.8 Å². The Morgan fingerprint density at radius 2 is 2.30 bits per heavy atom. The molecule has 1 aromatic heterocycles. The van der Waals surface area contributed by atoms with Crippen LogP contribution >= 0.6 is 11.3 Å². The molecule has 1 aliphatic rings. The van der Waals surface area contributed by atoms with E-state index in [4.69, 9.17) is 5.11 Å². The first-order valence-electron chi connectivity index (χ1n) is 6.91. The Kier molecular flexibility index (Phi) is 5.60. The minimum atomic E-state index is -0.160. The van der Waals surface area contributed by atoms with Gasteiger partial charge in [0.05, 0.1) is 10.4 Å². The van der Waals surface area contributed by atoms with Crippen LogP contribution < -0.4 is 5.32 Å². The van der Waals surface area contributed by atoms with Gasteiger partial charge in [0.2, 0.25) is 0 Å². The lowest BCUT2D eigenvalue weighted by atomic mass is 10.2. The van der Waals surface area contributed by atoms with Crippen LogP contribution in [-0.2, 0) is 0 Å². The summed E-state index contributed by atoms with van der Waals surface area (Å²) in [7, 11) is 0. The normalized spacial score (nSPS) is 16.5. The lowest BCUT2D eigenvalue weighted by Gasteiger charge is -2.23. The predicted molar refractivity (Wildman–Crippen MR) is 80.9 cm³/mol. The number of aliphatic hydroxyl groups is 1. The number of likely N-dealkylation sites (tertiary alicyclic amines) is 1. The molecule has 4 nitrogen and oxygen atoms in total. The van der Waals surface area contributed by atoms with Gasteiger partial charge in [0, 0.05) is 18.0 Å². The van der Waals surface area contributed by atoms with E-state index in [0.717, 1.165) is 18.0 Å². The second-order valence-electron chi connectivity index (χ2n) is 4.96. The van der Waals surface area contributed by atoms with Crippen LogP contribution in [0.5, 0.6) is 0 Å². The molecular formula is C15H20N2O2S. The number of carbonyl (C=O) groups is 1. The molecule has 0 aliphatic carbocycles. The van der Waals surface area contributed by atoms with Crippen LogP contribution in [0.15, 0.2) is 11.4 Å². The second-order valence-corrected chi connectivity index (χ2v) is 5.87. The van der Waals surface area contributed by atoms with Gasteiger partial charge in [-0.05, 0) is 38.9 Å². The van der Waals surface area contributed by atoms with Crippen molar-refractivity contribution in [2.24, 2.45) is 0 Å². The summed E-state index contributed by atoms with van der Waals surface area (Å²) in [6.45, 7) is 4.93. The average molecular weight is 292 g/mol. The minimum Gasteiger partial charge on any atom is -0.384 e. The monoisotopic (exact) mass is 292 g/mol. The maximum atomic E-state index is 12.0. The second kappa shape index (κ2) is 7.44. The Morgan fingerprint density at radius 1 is 1.55 bits per heavy atom. The van der Waals surface area contributed by atoms with E-state index in [0.29, 0.717) is 18.2 Å². The van der Waals surface area contributed by atoms with E-state index < -0.39 is 0 Å². The molecule has 0 radical (unpaired) electrons. The fourth-order valence-electron chi connectivity index (χ4n) is 2.30. The number of hydrogen-bond acceptors (Lipinski definition) is 4. The molecule has 1 aromatic rings. The van der Waals surface area contributed by atoms with Gasteiger partial charge in [-0.25, -0.2) is 0 Å². The highest BCUT2D eigenvalue weighted by Crippen LogP contribution is 2.14. The molecule has 1 saturated heterocycles. The molecule has 1 unspecified atom stereocenters. The largest absolute Gasteiger partial charge is 0.384 e. The molecule has 2 N–H and O–H groups in total. The molecule has 20 heavy (non-hydrogen) atoms. The summed E-state index contributed by atoms with van der Waals surface area (Å²) in [6.07, 6.45) is 2.52. The van der Waals surface area contributed by atoms with Crippen molar-refractivity contribution in [3.8, 4) is 11.8 Å². The van der Waals surface area contributed by atoms with Crippen LogP contribution in [0.3, 0.4) is 0 Å². The van der Waals surface area contributed by atoms with E-state index in [-0.39, 0.29) is 12.5 Å². The summed E-state index contributed by atoms with van der Waals surface area (Å²) in [6, 6.07) is 2.15. The van der Waals surface area contributed by atoms with Crippen LogP contribution in [0.25, 0.3) is 0 Å². The number of thiophene rings is 1. The van der Waals surface area contributed by atoms with Gasteiger partial charge in [-0.2, -0.15) is 0 Å². The Morgan fingerprint density at radius 3 is 3.00 bits per heavy atom. The van der Waals surface area contributed by atoms with E-state index >= 15 is 0 Å². The Balaban J connectivity index is 1.83. The molecule has 0 saturated carbocycles. The van der Waals surface area contributed by atoms with Crippen molar-refractivity contribution in [1.29, 1.82) is 0 Å². The van der Waals surface area contributed by atoms with Crippen LogP contribution in [0.2, 0.25) is 0 Å². The molecule has 1 aliphatic heterocycles. The number of amides is 1. The third-order valence-electron chi connectivity index (χ3n) is 3.47. The minimum absolute atomic E-state index is 0.0515. The molecule has 108 valence electrons.